The van der Waals surface area contributed by atoms with Crippen LogP contribution in [-0.4, -0.2) is 50.5 Å². The normalized spacial score (nSPS) is 20.1. The van der Waals surface area contributed by atoms with Gasteiger partial charge in [-0.2, -0.15) is 0 Å². The lowest BCUT2D eigenvalue weighted by molar-refractivity contribution is -0.123. The second kappa shape index (κ2) is 7.87. The van der Waals surface area contributed by atoms with Crippen LogP contribution in [0.15, 0.2) is 30.6 Å². The van der Waals surface area contributed by atoms with E-state index in [1.807, 2.05) is 36.6 Å². The summed E-state index contributed by atoms with van der Waals surface area (Å²) in [4.78, 5) is 42.6. The van der Waals surface area contributed by atoms with Crippen molar-refractivity contribution >= 4 is 34.5 Å². The molecule has 2 amide bonds. The number of rotatable bonds is 5. The first-order chi connectivity index (χ1) is 16.5. The lowest BCUT2D eigenvalue weighted by Crippen LogP contribution is -2.46. The molecule has 4 heterocycles. The first-order valence-electron chi connectivity index (χ1n) is 12.2. The van der Waals surface area contributed by atoms with Gasteiger partial charge in [-0.1, -0.05) is 18.2 Å². The van der Waals surface area contributed by atoms with Crippen molar-refractivity contribution in [1.29, 1.82) is 0 Å². The molecule has 176 valence electrons. The SMILES string of the molecule is CCn1c(C(=O)NC(C)C2CC2)nc2c(N3C(=O)C4(CCNCC4)c4ccccc43)ncnc21. The van der Waals surface area contributed by atoms with Gasteiger partial charge in [0.05, 0.1) is 11.1 Å². The van der Waals surface area contributed by atoms with E-state index < -0.39 is 5.41 Å². The van der Waals surface area contributed by atoms with Crippen molar-refractivity contribution < 1.29 is 9.59 Å². The maximum Gasteiger partial charge on any atom is 0.287 e. The fraction of sp³-hybridized carbons (Fsp3) is 0.480. The van der Waals surface area contributed by atoms with Crippen molar-refractivity contribution in [2.45, 2.75) is 57.5 Å². The Morgan fingerprint density at radius 2 is 2.00 bits per heavy atom. The van der Waals surface area contributed by atoms with E-state index in [1.165, 1.54) is 6.33 Å². The number of benzene rings is 1. The molecule has 1 saturated heterocycles. The zero-order valence-corrected chi connectivity index (χ0v) is 19.5. The topological polar surface area (TPSA) is 105 Å². The Morgan fingerprint density at radius 3 is 2.74 bits per heavy atom. The van der Waals surface area contributed by atoms with E-state index in [4.69, 9.17) is 4.98 Å². The molecule has 34 heavy (non-hydrogen) atoms. The van der Waals surface area contributed by atoms with E-state index in [1.54, 1.807) is 4.90 Å². The van der Waals surface area contributed by atoms with E-state index in [0.717, 1.165) is 50.0 Å². The molecule has 3 aliphatic rings. The van der Waals surface area contributed by atoms with Crippen molar-refractivity contribution in [1.82, 2.24) is 30.2 Å². The van der Waals surface area contributed by atoms with Gasteiger partial charge in [-0.3, -0.25) is 14.5 Å². The number of nitrogens with zero attached hydrogens (tertiary/aromatic N) is 5. The molecule has 1 aromatic carbocycles. The van der Waals surface area contributed by atoms with E-state index in [0.29, 0.717) is 35.3 Å². The highest BCUT2D eigenvalue weighted by Crippen LogP contribution is 2.50. The molecular formula is C25H29N7O2. The van der Waals surface area contributed by atoms with Gasteiger partial charge in [0, 0.05) is 12.6 Å². The van der Waals surface area contributed by atoms with Gasteiger partial charge in [-0.25, -0.2) is 15.0 Å². The summed E-state index contributed by atoms with van der Waals surface area (Å²) in [5.74, 6) is 1.10. The second-order valence-electron chi connectivity index (χ2n) is 9.64. The first-order valence-corrected chi connectivity index (χ1v) is 12.2. The second-order valence-corrected chi connectivity index (χ2v) is 9.64. The number of amides is 2. The lowest BCUT2D eigenvalue weighted by atomic mass is 9.74. The number of nitrogens with one attached hydrogen (secondary N) is 2. The third kappa shape index (κ3) is 3.06. The summed E-state index contributed by atoms with van der Waals surface area (Å²) in [6.07, 6.45) is 5.24. The van der Waals surface area contributed by atoms with Crippen LogP contribution in [0.1, 0.15) is 55.7 Å². The van der Waals surface area contributed by atoms with Crippen LogP contribution in [-0.2, 0) is 16.8 Å². The molecule has 0 radical (unpaired) electrons. The number of carbonyl (C=O) groups is 2. The fourth-order valence-corrected chi connectivity index (χ4v) is 5.61. The molecule has 1 spiro atoms. The molecular weight excluding hydrogens is 430 g/mol. The zero-order chi connectivity index (χ0) is 23.4. The number of hydrogen-bond acceptors (Lipinski definition) is 6. The molecule has 3 aromatic rings. The van der Waals surface area contributed by atoms with Crippen molar-refractivity contribution in [3.05, 3.63) is 42.0 Å². The molecule has 0 bridgehead atoms. The number of aromatic nitrogens is 4. The van der Waals surface area contributed by atoms with Crippen LogP contribution in [0.3, 0.4) is 0 Å². The van der Waals surface area contributed by atoms with Crippen molar-refractivity contribution in [3.8, 4) is 0 Å². The zero-order valence-electron chi connectivity index (χ0n) is 19.5. The van der Waals surface area contributed by atoms with Crippen molar-refractivity contribution in [2.75, 3.05) is 18.0 Å². The number of hydrogen-bond donors (Lipinski definition) is 2. The van der Waals surface area contributed by atoms with Crippen LogP contribution < -0.4 is 15.5 Å². The van der Waals surface area contributed by atoms with Gasteiger partial charge < -0.3 is 15.2 Å². The molecule has 9 nitrogen and oxygen atoms in total. The fourth-order valence-electron chi connectivity index (χ4n) is 5.61. The minimum atomic E-state index is -0.563. The summed E-state index contributed by atoms with van der Waals surface area (Å²) in [7, 11) is 0. The minimum Gasteiger partial charge on any atom is -0.347 e. The van der Waals surface area contributed by atoms with Crippen LogP contribution >= 0.6 is 0 Å². The number of carbonyl (C=O) groups excluding carboxylic acids is 2. The van der Waals surface area contributed by atoms with Crippen LogP contribution in [0.25, 0.3) is 11.2 Å². The van der Waals surface area contributed by atoms with Crippen LogP contribution in [0, 0.1) is 5.92 Å². The van der Waals surface area contributed by atoms with Crippen molar-refractivity contribution in [2.24, 2.45) is 5.92 Å². The van der Waals surface area contributed by atoms with E-state index in [9.17, 15) is 9.59 Å². The van der Waals surface area contributed by atoms with Crippen LogP contribution in [0.2, 0.25) is 0 Å². The summed E-state index contributed by atoms with van der Waals surface area (Å²) in [6.45, 7) is 6.12. The Hall–Kier alpha value is -3.33. The Balaban J connectivity index is 1.47. The van der Waals surface area contributed by atoms with Crippen LogP contribution in [0.5, 0.6) is 0 Å². The van der Waals surface area contributed by atoms with E-state index in [-0.39, 0.29) is 17.9 Å². The predicted molar refractivity (Wildman–Crippen MR) is 128 cm³/mol. The Labute approximate surface area is 198 Å². The lowest BCUT2D eigenvalue weighted by Gasteiger charge is -2.32. The number of anilines is 2. The number of aryl methyl sites for hydroxylation is 1. The van der Waals surface area contributed by atoms with Gasteiger partial charge in [0.15, 0.2) is 17.0 Å². The first kappa shape index (κ1) is 21.2. The largest absolute Gasteiger partial charge is 0.347 e. The van der Waals surface area contributed by atoms with Crippen LogP contribution in [0.4, 0.5) is 11.5 Å². The summed E-state index contributed by atoms with van der Waals surface area (Å²) < 4.78 is 1.81. The van der Waals surface area contributed by atoms with E-state index >= 15 is 0 Å². The van der Waals surface area contributed by atoms with Gasteiger partial charge in [0.25, 0.3) is 5.91 Å². The average molecular weight is 460 g/mol. The number of fused-ring (bicyclic) bond motifs is 3. The molecule has 6 rings (SSSR count). The quantitative estimate of drug-likeness (QED) is 0.608. The smallest absolute Gasteiger partial charge is 0.287 e. The molecule has 2 N–H and O–H groups in total. The van der Waals surface area contributed by atoms with Gasteiger partial charge in [0.1, 0.15) is 6.33 Å². The molecule has 2 aliphatic heterocycles. The predicted octanol–water partition coefficient (Wildman–Crippen LogP) is 2.67. The maximum absolute atomic E-state index is 14.0. The number of para-hydroxylation sites is 1. The molecule has 1 unspecified atom stereocenters. The molecule has 9 heteroatoms. The highest BCUT2D eigenvalue weighted by Gasteiger charge is 2.52. The standard InChI is InChI=1S/C25H29N7O2/c1-3-31-20-19(30-22(31)23(33)29-15(2)16-8-9-16)21(28-14-27-20)32-18-7-5-4-6-17(18)25(24(32)34)10-12-26-13-11-25/h4-7,14-16,26H,3,8-13H2,1-2H3,(H,29,33). The minimum absolute atomic E-state index is 0.0228. The Bertz CT molecular complexity index is 1290. The third-order valence-corrected chi connectivity index (χ3v) is 7.66. The van der Waals surface area contributed by atoms with Gasteiger partial charge >= 0.3 is 0 Å². The highest BCUT2D eigenvalue weighted by atomic mass is 16.2. The summed E-state index contributed by atoms with van der Waals surface area (Å²) in [5.41, 5.74) is 2.36. The highest BCUT2D eigenvalue weighted by molar-refractivity contribution is 6.15. The summed E-state index contributed by atoms with van der Waals surface area (Å²) in [6, 6.07) is 8.07. The number of piperidine rings is 1. The molecule has 2 fully saturated rings. The summed E-state index contributed by atoms with van der Waals surface area (Å²) in [5, 5.41) is 6.47. The van der Waals surface area contributed by atoms with E-state index in [2.05, 4.69) is 26.7 Å². The van der Waals surface area contributed by atoms with Crippen molar-refractivity contribution in [3.63, 3.8) is 0 Å². The summed E-state index contributed by atoms with van der Waals surface area (Å²) >= 11 is 0. The maximum atomic E-state index is 14.0. The average Bonchev–Trinajstić information content (AvgIpc) is 3.61. The Morgan fingerprint density at radius 1 is 1.24 bits per heavy atom. The Kier molecular flexibility index (Phi) is 4.91. The molecule has 1 atom stereocenters. The third-order valence-electron chi connectivity index (χ3n) is 7.66. The number of imidazole rings is 1. The molecule has 2 aromatic heterocycles. The molecule has 1 saturated carbocycles. The molecule has 1 aliphatic carbocycles. The monoisotopic (exact) mass is 459 g/mol. The van der Waals surface area contributed by atoms with Gasteiger partial charge in [0.2, 0.25) is 11.7 Å². The van der Waals surface area contributed by atoms with Gasteiger partial charge in [-0.15, -0.1) is 0 Å². The van der Waals surface area contributed by atoms with Gasteiger partial charge in [-0.05, 0) is 70.2 Å².